The van der Waals surface area contributed by atoms with Crippen LogP contribution in [0.2, 0.25) is 0 Å². The lowest BCUT2D eigenvalue weighted by Gasteiger charge is -2.05. The fourth-order valence-corrected chi connectivity index (χ4v) is 2.53. The van der Waals surface area contributed by atoms with Crippen molar-refractivity contribution in [3.05, 3.63) is 101 Å². The Kier molecular flexibility index (Phi) is 5.76. The van der Waals surface area contributed by atoms with E-state index in [1.807, 2.05) is 30.3 Å². The summed E-state index contributed by atoms with van der Waals surface area (Å²) in [6, 6.07) is 24.2. The average molecular weight is 357 g/mol. The van der Waals surface area contributed by atoms with Gasteiger partial charge < -0.3 is 4.74 Å². The summed E-state index contributed by atoms with van der Waals surface area (Å²) < 4.78 is 18.2. The predicted octanol–water partition coefficient (Wildman–Crippen LogP) is 5.04. The molecule has 4 heteroatoms. The Balaban J connectivity index is 1.66. The van der Waals surface area contributed by atoms with Gasteiger partial charge in [0.2, 0.25) is 0 Å². The standard InChI is InChI=1S/C23H16FNO2/c24-21-10-6-18(7-11-21)15-23(26)27-22-12-8-17(9-13-22)14-20(16-25)19-4-2-1-3-5-19/h1-14H,15H2/b20-14-. The number of esters is 1. The molecule has 0 bridgehead atoms. The van der Waals surface area contributed by atoms with Crippen LogP contribution in [0.5, 0.6) is 5.75 Å². The third-order valence-electron chi connectivity index (χ3n) is 3.89. The van der Waals surface area contributed by atoms with Crippen molar-refractivity contribution < 1.29 is 13.9 Å². The van der Waals surface area contributed by atoms with Gasteiger partial charge >= 0.3 is 5.97 Å². The Morgan fingerprint density at radius 3 is 2.26 bits per heavy atom. The highest BCUT2D eigenvalue weighted by atomic mass is 19.1. The number of allylic oxidation sites excluding steroid dienone is 1. The van der Waals surface area contributed by atoms with E-state index in [9.17, 15) is 14.4 Å². The second kappa shape index (κ2) is 8.59. The fraction of sp³-hybridized carbons (Fsp3) is 0.0435. The maximum atomic E-state index is 12.9. The number of nitrogens with zero attached hydrogens (tertiary/aromatic N) is 1. The van der Waals surface area contributed by atoms with Crippen molar-refractivity contribution in [3.8, 4) is 11.8 Å². The second-order valence-electron chi connectivity index (χ2n) is 5.88. The van der Waals surface area contributed by atoms with Gasteiger partial charge in [0.1, 0.15) is 11.6 Å². The van der Waals surface area contributed by atoms with E-state index in [4.69, 9.17) is 4.74 Å². The third kappa shape index (κ3) is 5.13. The van der Waals surface area contributed by atoms with E-state index in [0.717, 1.165) is 11.1 Å². The van der Waals surface area contributed by atoms with Crippen molar-refractivity contribution in [3.63, 3.8) is 0 Å². The van der Waals surface area contributed by atoms with Gasteiger partial charge in [-0.15, -0.1) is 0 Å². The van der Waals surface area contributed by atoms with Crippen molar-refractivity contribution in [1.29, 1.82) is 5.26 Å². The molecule has 0 fully saturated rings. The number of benzene rings is 3. The normalized spacial score (nSPS) is 10.9. The molecule has 27 heavy (non-hydrogen) atoms. The lowest BCUT2D eigenvalue weighted by Crippen LogP contribution is -2.11. The molecule has 0 saturated heterocycles. The Labute approximate surface area is 157 Å². The van der Waals surface area contributed by atoms with E-state index in [0.29, 0.717) is 16.9 Å². The number of halogens is 1. The van der Waals surface area contributed by atoms with Crippen LogP contribution >= 0.6 is 0 Å². The third-order valence-corrected chi connectivity index (χ3v) is 3.89. The van der Waals surface area contributed by atoms with E-state index >= 15 is 0 Å². The summed E-state index contributed by atoms with van der Waals surface area (Å²) in [5, 5.41) is 9.36. The Bertz CT molecular complexity index is 985. The van der Waals surface area contributed by atoms with Crippen LogP contribution in [-0.4, -0.2) is 5.97 Å². The molecule has 0 unspecified atom stereocenters. The Hall–Kier alpha value is -3.71. The van der Waals surface area contributed by atoms with Crippen LogP contribution in [0.15, 0.2) is 78.9 Å². The van der Waals surface area contributed by atoms with Gasteiger partial charge in [0, 0.05) is 0 Å². The average Bonchev–Trinajstić information content (AvgIpc) is 2.70. The molecule has 3 nitrogen and oxygen atoms in total. The maximum Gasteiger partial charge on any atom is 0.315 e. The van der Waals surface area contributed by atoms with Crippen molar-refractivity contribution in [2.45, 2.75) is 6.42 Å². The quantitative estimate of drug-likeness (QED) is 0.278. The van der Waals surface area contributed by atoms with Crippen LogP contribution in [0, 0.1) is 17.1 Å². The highest BCUT2D eigenvalue weighted by Gasteiger charge is 2.07. The molecule has 3 rings (SSSR count). The summed E-state index contributed by atoms with van der Waals surface area (Å²) in [5.41, 5.74) is 2.91. The number of hydrogen-bond acceptors (Lipinski definition) is 3. The van der Waals surface area contributed by atoms with Crippen LogP contribution in [0.4, 0.5) is 4.39 Å². The van der Waals surface area contributed by atoms with Gasteiger partial charge in [0.25, 0.3) is 0 Å². The molecule has 0 aliphatic heterocycles. The number of hydrogen-bond donors (Lipinski definition) is 0. The van der Waals surface area contributed by atoms with Gasteiger partial charge in [-0.3, -0.25) is 4.79 Å². The zero-order chi connectivity index (χ0) is 19.1. The second-order valence-corrected chi connectivity index (χ2v) is 5.88. The zero-order valence-electron chi connectivity index (χ0n) is 14.4. The van der Waals surface area contributed by atoms with Crippen LogP contribution in [0.1, 0.15) is 16.7 Å². The van der Waals surface area contributed by atoms with Crippen molar-refractivity contribution in [2.75, 3.05) is 0 Å². The molecule has 0 amide bonds. The first kappa shape index (κ1) is 18.1. The number of carbonyl (C=O) groups is 1. The van der Waals surface area contributed by atoms with Gasteiger partial charge in [-0.05, 0) is 47.0 Å². The maximum absolute atomic E-state index is 12.9. The van der Waals surface area contributed by atoms with Gasteiger partial charge in [-0.1, -0.05) is 54.6 Å². The van der Waals surface area contributed by atoms with Crippen LogP contribution in [0.25, 0.3) is 11.6 Å². The van der Waals surface area contributed by atoms with E-state index in [2.05, 4.69) is 6.07 Å². The van der Waals surface area contributed by atoms with Gasteiger partial charge in [-0.25, -0.2) is 4.39 Å². The lowest BCUT2D eigenvalue weighted by atomic mass is 10.0. The highest BCUT2D eigenvalue weighted by Crippen LogP contribution is 2.20. The summed E-state index contributed by atoms with van der Waals surface area (Å²) >= 11 is 0. The van der Waals surface area contributed by atoms with Crippen molar-refractivity contribution in [1.82, 2.24) is 0 Å². The molecule has 0 aliphatic rings. The van der Waals surface area contributed by atoms with E-state index in [1.165, 1.54) is 12.1 Å². The minimum Gasteiger partial charge on any atom is -0.426 e. The van der Waals surface area contributed by atoms with E-state index in [1.54, 1.807) is 42.5 Å². The smallest absolute Gasteiger partial charge is 0.315 e. The first-order valence-corrected chi connectivity index (χ1v) is 8.36. The lowest BCUT2D eigenvalue weighted by molar-refractivity contribution is -0.133. The monoisotopic (exact) mass is 357 g/mol. The molecule has 3 aromatic rings. The molecule has 132 valence electrons. The van der Waals surface area contributed by atoms with Gasteiger partial charge in [0.05, 0.1) is 18.1 Å². The molecule has 0 atom stereocenters. The summed E-state index contributed by atoms with van der Waals surface area (Å²) in [7, 11) is 0. The van der Waals surface area contributed by atoms with Crippen LogP contribution in [0.3, 0.4) is 0 Å². The summed E-state index contributed by atoms with van der Waals surface area (Å²) in [6.45, 7) is 0. The highest BCUT2D eigenvalue weighted by molar-refractivity contribution is 5.89. The Morgan fingerprint density at radius 1 is 0.963 bits per heavy atom. The molecule has 3 aromatic carbocycles. The number of nitriles is 1. The molecule has 0 heterocycles. The molecular formula is C23H16FNO2. The summed E-state index contributed by atoms with van der Waals surface area (Å²) in [6.07, 6.45) is 1.84. The minimum absolute atomic E-state index is 0.0640. The summed E-state index contributed by atoms with van der Waals surface area (Å²) in [5.74, 6) is -0.354. The van der Waals surface area contributed by atoms with Crippen LogP contribution < -0.4 is 4.74 Å². The first-order chi connectivity index (χ1) is 13.1. The van der Waals surface area contributed by atoms with E-state index in [-0.39, 0.29) is 12.2 Å². The van der Waals surface area contributed by atoms with E-state index < -0.39 is 5.97 Å². The van der Waals surface area contributed by atoms with Gasteiger partial charge in [0.15, 0.2) is 0 Å². The Morgan fingerprint density at radius 2 is 1.63 bits per heavy atom. The SMILES string of the molecule is N#C/C(=C/c1ccc(OC(=O)Cc2ccc(F)cc2)cc1)c1ccccc1. The molecule has 0 spiro atoms. The zero-order valence-corrected chi connectivity index (χ0v) is 14.4. The first-order valence-electron chi connectivity index (χ1n) is 8.36. The molecule has 0 aliphatic carbocycles. The van der Waals surface area contributed by atoms with Crippen molar-refractivity contribution >= 4 is 17.6 Å². The number of carbonyl (C=O) groups excluding carboxylic acids is 1. The molecule has 0 saturated carbocycles. The molecule has 0 radical (unpaired) electrons. The number of ether oxygens (including phenoxy) is 1. The minimum atomic E-state index is -0.424. The number of rotatable bonds is 5. The fourth-order valence-electron chi connectivity index (χ4n) is 2.53. The predicted molar refractivity (Wildman–Crippen MR) is 102 cm³/mol. The summed E-state index contributed by atoms with van der Waals surface area (Å²) in [4.78, 5) is 12.0. The molecule has 0 N–H and O–H groups in total. The molecular weight excluding hydrogens is 341 g/mol. The topological polar surface area (TPSA) is 50.1 Å². The molecule has 0 aromatic heterocycles. The van der Waals surface area contributed by atoms with Crippen molar-refractivity contribution in [2.24, 2.45) is 0 Å². The largest absolute Gasteiger partial charge is 0.426 e. The van der Waals surface area contributed by atoms with Gasteiger partial charge in [-0.2, -0.15) is 5.26 Å². The van der Waals surface area contributed by atoms with Crippen LogP contribution in [-0.2, 0) is 11.2 Å².